The third kappa shape index (κ3) is 4.23. The zero-order valence-corrected chi connectivity index (χ0v) is 11.0. The summed E-state index contributed by atoms with van der Waals surface area (Å²) in [6.45, 7) is 1.20. The van der Waals surface area contributed by atoms with Crippen LogP contribution in [0.5, 0.6) is 11.5 Å². The van der Waals surface area contributed by atoms with Crippen LogP contribution >= 0.6 is 0 Å². The monoisotopic (exact) mass is 255 g/mol. The summed E-state index contributed by atoms with van der Waals surface area (Å²) in [7, 11) is 1.92. The number of para-hydroxylation sites is 1. The fourth-order valence-electron chi connectivity index (χ4n) is 1.79. The summed E-state index contributed by atoms with van der Waals surface area (Å²) >= 11 is 0. The Labute approximate surface area is 113 Å². The molecule has 2 rings (SSSR count). The first-order valence-electron chi connectivity index (χ1n) is 6.22. The lowest BCUT2D eigenvalue weighted by atomic mass is 10.2. The summed E-state index contributed by atoms with van der Waals surface area (Å²) in [4.78, 5) is 12.4. The van der Waals surface area contributed by atoms with Crippen molar-refractivity contribution in [2.45, 2.75) is 6.54 Å². The van der Waals surface area contributed by atoms with Gasteiger partial charge in [-0.05, 0) is 36.9 Å². The lowest BCUT2D eigenvalue weighted by molar-refractivity contribution is -0.108. The van der Waals surface area contributed by atoms with Gasteiger partial charge in [0.2, 0.25) is 0 Å². The smallest absolute Gasteiger partial charge is 0.133 e. The van der Waals surface area contributed by atoms with Gasteiger partial charge in [-0.15, -0.1) is 0 Å². The van der Waals surface area contributed by atoms with E-state index in [0.29, 0.717) is 6.54 Å². The SMILES string of the molecule is CN(CC=O)Cc1ccc(Oc2ccccc2)cc1. The van der Waals surface area contributed by atoms with E-state index in [1.54, 1.807) is 0 Å². The molecule has 3 nitrogen and oxygen atoms in total. The van der Waals surface area contributed by atoms with Crippen LogP contribution in [-0.2, 0) is 11.3 Å². The Morgan fingerprint density at radius 2 is 1.63 bits per heavy atom. The van der Waals surface area contributed by atoms with Crippen LogP contribution in [-0.4, -0.2) is 24.8 Å². The van der Waals surface area contributed by atoms with Gasteiger partial charge in [-0.3, -0.25) is 4.90 Å². The maximum Gasteiger partial charge on any atom is 0.133 e. The Balaban J connectivity index is 1.96. The van der Waals surface area contributed by atoms with E-state index in [2.05, 4.69) is 0 Å². The predicted molar refractivity (Wildman–Crippen MR) is 75.4 cm³/mol. The van der Waals surface area contributed by atoms with Crippen LogP contribution in [0.1, 0.15) is 5.56 Å². The lowest BCUT2D eigenvalue weighted by Gasteiger charge is -2.13. The van der Waals surface area contributed by atoms with Gasteiger partial charge in [0.25, 0.3) is 0 Å². The molecule has 0 aromatic heterocycles. The molecular formula is C16H17NO2. The van der Waals surface area contributed by atoms with E-state index < -0.39 is 0 Å². The van der Waals surface area contributed by atoms with Crippen LogP contribution in [0, 0.1) is 0 Å². The Hall–Kier alpha value is -2.13. The fourth-order valence-corrected chi connectivity index (χ4v) is 1.79. The number of rotatable bonds is 6. The second kappa shape index (κ2) is 6.71. The molecule has 0 aliphatic rings. The van der Waals surface area contributed by atoms with Gasteiger partial charge in [0.1, 0.15) is 17.8 Å². The van der Waals surface area contributed by atoms with Crippen molar-refractivity contribution in [2.24, 2.45) is 0 Å². The van der Waals surface area contributed by atoms with Crippen molar-refractivity contribution >= 4 is 6.29 Å². The molecule has 0 N–H and O–H groups in total. The summed E-state index contributed by atoms with van der Waals surface area (Å²) < 4.78 is 5.72. The number of carbonyl (C=O) groups is 1. The molecule has 0 aliphatic heterocycles. The number of hydrogen-bond acceptors (Lipinski definition) is 3. The van der Waals surface area contributed by atoms with Crippen molar-refractivity contribution in [1.82, 2.24) is 4.90 Å². The van der Waals surface area contributed by atoms with Gasteiger partial charge >= 0.3 is 0 Å². The maximum absolute atomic E-state index is 10.4. The number of likely N-dealkylation sites (N-methyl/N-ethyl adjacent to an activating group) is 1. The zero-order valence-electron chi connectivity index (χ0n) is 11.0. The average Bonchev–Trinajstić information content (AvgIpc) is 2.42. The number of ether oxygens (including phenoxy) is 1. The summed E-state index contributed by atoms with van der Waals surface area (Å²) in [6, 6.07) is 17.6. The van der Waals surface area contributed by atoms with E-state index in [0.717, 1.165) is 29.9 Å². The van der Waals surface area contributed by atoms with Crippen molar-refractivity contribution < 1.29 is 9.53 Å². The molecule has 0 heterocycles. The summed E-state index contributed by atoms with van der Waals surface area (Å²) in [5, 5.41) is 0. The fraction of sp³-hybridized carbons (Fsp3) is 0.188. The van der Waals surface area contributed by atoms with Gasteiger partial charge in [-0.2, -0.15) is 0 Å². The van der Waals surface area contributed by atoms with Crippen LogP contribution in [0.3, 0.4) is 0 Å². The zero-order chi connectivity index (χ0) is 13.5. The van der Waals surface area contributed by atoms with Gasteiger partial charge < -0.3 is 9.53 Å². The molecule has 0 saturated carbocycles. The minimum atomic E-state index is 0.447. The van der Waals surface area contributed by atoms with Crippen molar-refractivity contribution in [1.29, 1.82) is 0 Å². The standard InChI is InChI=1S/C16H17NO2/c1-17(11-12-18)13-14-7-9-16(10-8-14)19-15-5-3-2-4-6-15/h2-10,12H,11,13H2,1H3. The molecule has 19 heavy (non-hydrogen) atoms. The molecule has 0 aliphatic carbocycles. The highest BCUT2D eigenvalue weighted by molar-refractivity contribution is 5.51. The molecule has 0 radical (unpaired) electrons. The molecule has 0 atom stereocenters. The van der Waals surface area contributed by atoms with Crippen molar-refractivity contribution in [2.75, 3.05) is 13.6 Å². The number of benzene rings is 2. The molecule has 3 heteroatoms. The average molecular weight is 255 g/mol. The molecule has 0 bridgehead atoms. The lowest BCUT2D eigenvalue weighted by Crippen LogP contribution is -2.19. The van der Waals surface area contributed by atoms with Crippen LogP contribution in [0.4, 0.5) is 0 Å². The first-order valence-corrected chi connectivity index (χ1v) is 6.22. The first kappa shape index (κ1) is 13.3. The molecule has 2 aromatic carbocycles. The largest absolute Gasteiger partial charge is 0.457 e. The molecule has 0 spiro atoms. The molecule has 0 amide bonds. The number of carbonyl (C=O) groups excluding carboxylic acids is 1. The van der Waals surface area contributed by atoms with Gasteiger partial charge in [0, 0.05) is 6.54 Å². The second-order valence-electron chi connectivity index (χ2n) is 4.42. The molecule has 2 aromatic rings. The summed E-state index contributed by atoms with van der Waals surface area (Å²) in [5.41, 5.74) is 1.16. The highest BCUT2D eigenvalue weighted by Gasteiger charge is 2.01. The summed E-state index contributed by atoms with van der Waals surface area (Å²) in [6.07, 6.45) is 0.910. The van der Waals surface area contributed by atoms with Gasteiger partial charge in [-0.25, -0.2) is 0 Å². The van der Waals surface area contributed by atoms with E-state index in [9.17, 15) is 4.79 Å². The van der Waals surface area contributed by atoms with Crippen LogP contribution in [0.15, 0.2) is 54.6 Å². The van der Waals surface area contributed by atoms with Crippen molar-refractivity contribution in [3.8, 4) is 11.5 Å². The minimum absolute atomic E-state index is 0.447. The topological polar surface area (TPSA) is 29.5 Å². The Bertz CT molecular complexity index is 508. The van der Waals surface area contributed by atoms with Crippen molar-refractivity contribution in [3.05, 3.63) is 60.2 Å². The highest BCUT2D eigenvalue weighted by Crippen LogP contribution is 2.21. The van der Waals surface area contributed by atoms with Gasteiger partial charge in [0.15, 0.2) is 0 Å². The number of hydrogen-bond donors (Lipinski definition) is 0. The normalized spacial score (nSPS) is 10.4. The van der Waals surface area contributed by atoms with E-state index in [-0.39, 0.29) is 0 Å². The first-order chi connectivity index (χ1) is 9.28. The maximum atomic E-state index is 10.4. The molecular weight excluding hydrogens is 238 g/mol. The van der Waals surface area contributed by atoms with E-state index in [1.165, 1.54) is 0 Å². The van der Waals surface area contributed by atoms with Gasteiger partial charge in [0.05, 0.1) is 6.54 Å². The molecule has 0 unspecified atom stereocenters. The van der Waals surface area contributed by atoms with Gasteiger partial charge in [-0.1, -0.05) is 30.3 Å². The molecule has 0 fully saturated rings. The molecule has 98 valence electrons. The quantitative estimate of drug-likeness (QED) is 0.743. The van der Waals surface area contributed by atoms with E-state index in [1.807, 2.05) is 66.5 Å². The second-order valence-corrected chi connectivity index (χ2v) is 4.42. The Morgan fingerprint density at radius 1 is 1.00 bits per heavy atom. The number of nitrogens with zero attached hydrogens (tertiary/aromatic N) is 1. The van der Waals surface area contributed by atoms with E-state index >= 15 is 0 Å². The Kier molecular flexibility index (Phi) is 4.70. The third-order valence-corrected chi connectivity index (χ3v) is 2.74. The van der Waals surface area contributed by atoms with E-state index in [4.69, 9.17) is 4.74 Å². The number of aldehydes is 1. The van der Waals surface area contributed by atoms with Crippen LogP contribution in [0.25, 0.3) is 0 Å². The molecule has 0 saturated heterocycles. The predicted octanol–water partition coefficient (Wildman–Crippen LogP) is 3.11. The summed E-state index contributed by atoms with van der Waals surface area (Å²) in [5.74, 6) is 1.64. The van der Waals surface area contributed by atoms with Crippen LogP contribution < -0.4 is 4.74 Å². The minimum Gasteiger partial charge on any atom is -0.457 e. The Morgan fingerprint density at radius 3 is 2.26 bits per heavy atom. The van der Waals surface area contributed by atoms with Crippen LogP contribution in [0.2, 0.25) is 0 Å². The third-order valence-electron chi connectivity index (χ3n) is 2.74. The highest BCUT2D eigenvalue weighted by atomic mass is 16.5. The van der Waals surface area contributed by atoms with Crippen molar-refractivity contribution in [3.63, 3.8) is 0 Å².